The van der Waals surface area contributed by atoms with Crippen molar-refractivity contribution in [3.05, 3.63) is 36.2 Å². The number of nitrogens with two attached hydrogens (primary N) is 1. The lowest BCUT2D eigenvalue weighted by Gasteiger charge is -1.98. The van der Waals surface area contributed by atoms with Gasteiger partial charge in [0.2, 0.25) is 0 Å². The van der Waals surface area contributed by atoms with Crippen molar-refractivity contribution in [3.8, 4) is 6.07 Å². The third-order valence-electron chi connectivity index (χ3n) is 1.33. The Bertz CT molecular complexity index is 284. The van der Waals surface area contributed by atoms with Crippen molar-refractivity contribution in [1.82, 2.24) is 0 Å². The van der Waals surface area contributed by atoms with E-state index in [0.29, 0.717) is 16.8 Å². The quantitative estimate of drug-likeness (QED) is 0.540. The number of hydrogen-bond donors (Lipinski definition) is 1. The molecule has 0 unspecified atom stereocenters. The fourth-order valence-corrected chi connectivity index (χ4v) is 0.709. The number of rotatable bonds is 0. The highest BCUT2D eigenvalue weighted by Crippen LogP contribution is 2.13. The highest BCUT2D eigenvalue weighted by atomic mass is 14.6. The van der Waals surface area contributed by atoms with E-state index in [9.17, 15) is 0 Å². The van der Waals surface area contributed by atoms with Crippen molar-refractivity contribution in [1.29, 1.82) is 5.26 Å². The molecule has 2 N–H and O–H groups in total. The average Bonchev–Trinajstić information content (AvgIpc) is 1.95. The number of anilines is 1. The van der Waals surface area contributed by atoms with E-state index in [1.807, 2.05) is 6.07 Å². The highest BCUT2D eigenvalue weighted by Gasteiger charge is 1.97. The maximum Gasteiger partial charge on any atom is 0.0995 e. The first-order valence-corrected chi connectivity index (χ1v) is 2.86. The molecule has 0 aliphatic carbocycles. The van der Waals surface area contributed by atoms with Gasteiger partial charge >= 0.3 is 0 Å². The Morgan fingerprint density at radius 2 is 2.20 bits per heavy atom. The summed E-state index contributed by atoms with van der Waals surface area (Å²) in [5, 5.41) is 8.50. The van der Waals surface area contributed by atoms with E-state index in [2.05, 4.69) is 6.92 Å². The molecule has 49 valence electrons. The number of nitriles is 1. The predicted molar refractivity (Wildman–Crippen MR) is 40.0 cm³/mol. The monoisotopic (exact) mass is 131 g/mol. The van der Waals surface area contributed by atoms with Crippen LogP contribution in [-0.2, 0) is 0 Å². The van der Waals surface area contributed by atoms with E-state index >= 15 is 0 Å². The molecule has 1 aromatic rings. The molecule has 0 atom stereocenters. The molecule has 1 radical (unpaired) electrons. The van der Waals surface area contributed by atoms with Crippen LogP contribution in [0.1, 0.15) is 11.1 Å². The maximum atomic E-state index is 8.50. The van der Waals surface area contributed by atoms with E-state index in [1.54, 1.807) is 18.2 Å². The minimum Gasteiger partial charge on any atom is -0.398 e. The van der Waals surface area contributed by atoms with Gasteiger partial charge in [0.15, 0.2) is 0 Å². The molecule has 2 heteroatoms. The third-order valence-corrected chi connectivity index (χ3v) is 1.33. The zero-order valence-corrected chi connectivity index (χ0v) is 5.46. The van der Waals surface area contributed by atoms with Crippen LogP contribution in [0, 0.1) is 18.3 Å². The third kappa shape index (κ3) is 0.939. The van der Waals surface area contributed by atoms with E-state index < -0.39 is 0 Å². The Hall–Kier alpha value is -1.49. The van der Waals surface area contributed by atoms with Crippen molar-refractivity contribution in [2.24, 2.45) is 0 Å². The standard InChI is InChI=1S/C8H7N2/c1-6-7(5-9)3-2-4-8(6)10/h2-4H,1,10H2. The zero-order valence-electron chi connectivity index (χ0n) is 5.46. The summed E-state index contributed by atoms with van der Waals surface area (Å²) >= 11 is 0. The van der Waals surface area contributed by atoms with Crippen LogP contribution in [0.5, 0.6) is 0 Å². The summed E-state index contributed by atoms with van der Waals surface area (Å²) in [6.45, 7) is 3.64. The molecule has 0 amide bonds. The topological polar surface area (TPSA) is 49.8 Å². The van der Waals surface area contributed by atoms with E-state index in [1.165, 1.54) is 0 Å². The normalized spacial score (nSPS) is 8.80. The average molecular weight is 131 g/mol. The molecule has 0 heterocycles. The summed E-state index contributed by atoms with van der Waals surface area (Å²) in [6.07, 6.45) is 0. The van der Waals surface area contributed by atoms with Gasteiger partial charge in [-0.1, -0.05) is 6.07 Å². The summed E-state index contributed by atoms with van der Waals surface area (Å²) in [7, 11) is 0. The molecule has 0 spiro atoms. The Morgan fingerprint density at radius 3 is 2.70 bits per heavy atom. The lowest BCUT2D eigenvalue weighted by Crippen LogP contribution is -1.91. The fourth-order valence-electron chi connectivity index (χ4n) is 0.709. The van der Waals surface area contributed by atoms with Gasteiger partial charge in [0.05, 0.1) is 11.6 Å². The number of nitrogens with zero attached hydrogens (tertiary/aromatic N) is 1. The number of benzene rings is 1. The second-order valence-corrected chi connectivity index (χ2v) is 1.99. The molecule has 0 aliphatic heterocycles. The highest BCUT2D eigenvalue weighted by molar-refractivity contribution is 5.56. The Morgan fingerprint density at radius 1 is 1.50 bits per heavy atom. The van der Waals surface area contributed by atoms with Gasteiger partial charge in [0.25, 0.3) is 0 Å². The van der Waals surface area contributed by atoms with E-state index in [4.69, 9.17) is 11.0 Å². The second kappa shape index (κ2) is 2.40. The van der Waals surface area contributed by atoms with Gasteiger partial charge in [0.1, 0.15) is 0 Å². The van der Waals surface area contributed by atoms with Crippen LogP contribution < -0.4 is 5.73 Å². The lowest BCUT2D eigenvalue weighted by molar-refractivity contribution is 1.46. The van der Waals surface area contributed by atoms with Gasteiger partial charge in [-0.15, -0.1) is 0 Å². The number of nitrogen functional groups attached to an aromatic ring is 1. The van der Waals surface area contributed by atoms with E-state index in [0.717, 1.165) is 0 Å². The van der Waals surface area contributed by atoms with Crippen LogP contribution in [0.2, 0.25) is 0 Å². The molecule has 1 rings (SSSR count). The molecule has 0 saturated carbocycles. The Labute approximate surface area is 59.9 Å². The summed E-state index contributed by atoms with van der Waals surface area (Å²) < 4.78 is 0. The summed E-state index contributed by atoms with van der Waals surface area (Å²) in [4.78, 5) is 0. The lowest BCUT2D eigenvalue weighted by atomic mass is 10.1. The molecule has 0 bridgehead atoms. The van der Waals surface area contributed by atoms with Crippen molar-refractivity contribution in [2.75, 3.05) is 5.73 Å². The largest absolute Gasteiger partial charge is 0.398 e. The first-order valence-electron chi connectivity index (χ1n) is 2.86. The SMILES string of the molecule is [CH2]c1c(N)cccc1C#N. The molecule has 2 nitrogen and oxygen atoms in total. The molecule has 0 saturated heterocycles. The Kier molecular flexibility index (Phi) is 1.59. The van der Waals surface area contributed by atoms with Crippen LogP contribution in [0.3, 0.4) is 0 Å². The van der Waals surface area contributed by atoms with Gasteiger partial charge in [-0.25, -0.2) is 0 Å². The van der Waals surface area contributed by atoms with Crippen molar-refractivity contribution < 1.29 is 0 Å². The summed E-state index contributed by atoms with van der Waals surface area (Å²) in [6, 6.07) is 7.15. The zero-order chi connectivity index (χ0) is 7.56. The van der Waals surface area contributed by atoms with Gasteiger partial charge in [0, 0.05) is 5.69 Å². The first-order chi connectivity index (χ1) is 4.75. The van der Waals surface area contributed by atoms with Gasteiger partial charge in [-0.3, -0.25) is 0 Å². The first kappa shape index (κ1) is 6.63. The fraction of sp³-hybridized carbons (Fsp3) is 0. The van der Waals surface area contributed by atoms with Crippen LogP contribution in [0.25, 0.3) is 0 Å². The smallest absolute Gasteiger partial charge is 0.0995 e. The minimum atomic E-state index is 0.542. The molecule has 0 aromatic heterocycles. The molecule has 10 heavy (non-hydrogen) atoms. The van der Waals surface area contributed by atoms with Crippen LogP contribution in [0.15, 0.2) is 18.2 Å². The second-order valence-electron chi connectivity index (χ2n) is 1.99. The molecular formula is C8H7N2. The van der Waals surface area contributed by atoms with Crippen LogP contribution in [-0.4, -0.2) is 0 Å². The summed E-state index contributed by atoms with van der Waals surface area (Å²) in [5.41, 5.74) is 7.21. The number of hydrogen-bond acceptors (Lipinski definition) is 2. The van der Waals surface area contributed by atoms with Gasteiger partial charge < -0.3 is 5.73 Å². The van der Waals surface area contributed by atoms with E-state index in [-0.39, 0.29) is 0 Å². The van der Waals surface area contributed by atoms with Crippen molar-refractivity contribution >= 4 is 5.69 Å². The van der Waals surface area contributed by atoms with Gasteiger partial charge in [-0.05, 0) is 24.6 Å². The molecular weight excluding hydrogens is 124 g/mol. The van der Waals surface area contributed by atoms with Crippen LogP contribution in [0.4, 0.5) is 5.69 Å². The van der Waals surface area contributed by atoms with Crippen LogP contribution >= 0.6 is 0 Å². The van der Waals surface area contributed by atoms with Crippen molar-refractivity contribution in [3.63, 3.8) is 0 Å². The Balaban J connectivity index is 3.31. The van der Waals surface area contributed by atoms with Gasteiger partial charge in [-0.2, -0.15) is 5.26 Å². The molecule has 0 fully saturated rings. The minimum absolute atomic E-state index is 0.542. The summed E-state index contributed by atoms with van der Waals surface area (Å²) in [5.74, 6) is 0. The predicted octanol–water partition coefficient (Wildman–Crippen LogP) is 1.32. The maximum absolute atomic E-state index is 8.50. The van der Waals surface area contributed by atoms with Crippen molar-refractivity contribution in [2.45, 2.75) is 0 Å². The molecule has 1 aromatic carbocycles. The molecule has 0 aliphatic rings.